The van der Waals surface area contributed by atoms with Gasteiger partial charge in [-0.2, -0.15) is 0 Å². The summed E-state index contributed by atoms with van der Waals surface area (Å²) in [6, 6.07) is 0. The predicted molar refractivity (Wildman–Crippen MR) is 45.0 cm³/mol. The van der Waals surface area contributed by atoms with Crippen molar-refractivity contribution in [3.8, 4) is 0 Å². The number of hydrogen-bond donors (Lipinski definition) is 1. The van der Waals surface area contributed by atoms with E-state index in [2.05, 4.69) is 11.6 Å². The van der Waals surface area contributed by atoms with Crippen molar-refractivity contribution in [2.24, 2.45) is 5.73 Å². The molecule has 1 rings (SSSR count). The van der Waals surface area contributed by atoms with Gasteiger partial charge in [0.25, 0.3) is 0 Å². The number of rotatable bonds is 3. The largest absolute Gasteiger partial charge is 0.330 e. The average Bonchev–Trinajstić information content (AvgIpc) is 2.37. The summed E-state index contributed by atoms with van der Waals surface area (Å²) in [7, 11) is 0. The smallest absolute Gasteiger partial charge is 0.115 e. The molecule has 0 aliphatic carbocycles. The van der Waals surface area contributed by atoms with Gasteiger partial charge in [-0.1, -0.05) is 6.58 Å². The lowest BCUT2D eigenvalue weighted by Crippen LogP contribution is -2.02. The molecule has 0 unspecified atom stereocenters. The molecule has 0 fully saturated rings. The predicted octanol–water partition coefficient (Wildman–Crippen LogP) is 1.29. The fraction of sp³-hybridized carbons (Fsp3) is 0.286. The van der Waals surface area contributed by atoms with Gasteiger partial charge in [0.05, 0.1) is 5.69 Å². The molecule has 3 heteroatoms. The Labute approximate surface area is 64.4 Å². The van der Waals surface area contributed by atoms with E-state index >= 15 is 0 Å². The highest BCUT2D eigenvalue weighted by Crippen LogP contribution is 2.10. The first kappa shape index (κ1) is 7.44. The molecule has 0 saturated heterocycles. The summed E-state index contributed by atoms with van der Waals surface area (Å²) in [6.45, 7) is 4.29. The summed E-state index contributed by atoms with van der Waals surface area (Å²) in [5.74, 6) is 0. The second-order valence-electron chi connectivity index (χ2n) is 1.92. The third-order valence-corrected chi connectivity index (χ3v) is 2.03. The van der Waals surface area contributed by atoms with Crippen molar-refractivity contribution in [3.05, 3.63) is 22.7 Å². The maximum atomic E-state index is 5.35. The van der Waals surface area contributed by atoms with Crippen LogP contribution < -0.4 is 5.73 Å². The minimum atomic E-state index is 0.667. The molecule has 0 aliphatic rings. The Morgan fingerprint density at radius 1 is 1.80 bits per heavy atom. The molecule has 0 aromatic carbocycles. The Morgan fingerprint density at radius 2 is 2.60 bits per heavy atom. The van der Waals surface area contributed by atoms with Crippen LogP contribution in [-0.4, -0.2) is 11.5 Å². The van der Waals surface area contributed by atoms with Crippen molar-refractivity contribution >= 4 is 17.4 Å². The summed E-state index contributed by atoms with van der Waals surface area (Å²) in [5, 5.41) is 2.99. The van der Waals surface area contributed by atoms with Gasteiger partial charge in [0.15, 0.2) is 0 Å². The maximum absolute atomic E-state index is 5.35. The van der Waals surface area contributed by atoms with E-state index in [0.717, 1.165) is 17.1 Å². The zero-order valence-corrected chi connectivity index (χ0v) is 6.53. The number of nitrogens with zero attached hydrogens (tertiary/aromatic N) is 1. The van der Waals surface area contributed by atoms with Crippen LogP contribution in [0.5, 0.6) is 0 Å². The first-order valence-corrected chi connectivity index (χ1v) is 4.01. The molecule has 0 amide bonds. The lowest BCUT2D eigenvalue weighted by atomic mass is 10.3. The normalized spacial score (nSPS) is 9.70. The van der Waals surface area contributed by atoms with E-state index in [9.17, 15) is 0 Å². The third kappa shape index (κ3) is 1.65. The molecule has 0 atom stereocenters. The van der Waals surface area contributed by atoms with Gasteiger partial charge in [0.2, 0.25) is 0 Å². The highest BCUT2D eigenvalue weighted by Gasteiger charge is 1.95. The van der Waals surface area contributed by atoms with E-state index in [1.165, 1.54) is 0 Å². The van der Waals surface area contributed by atoms with Crippen LogP contribution in [-0.2, 0) is 6.42 Å². The van der Waals surface area contributed by atoms with Gasteiger partial charge in [-0.25, -0.2) is 4.98 Å². The number of nitrogens with two attached hydrogens (primary N) is 1. The molecule has 1 aromatic rings. The zero-order valence-electron chi connectivity index (χ0n) is 5.71. The van der Waals surface area contributed by atoms with Crippen molar-refractivity contribution in [2.75, 3.05) is 6.54 Å². The fourth-order valence-electron chi connectivity index (χ4n) is 0.679. The molecule has 0 saturated carbocycles. The van der Waals surface area contributed by atoms with Gasteiger partial charge in [0, 0.05) is 11.8 Å². The second-order valence-corrected chi connectivity index (χ2v) is 2.81. The monoisotopic (exact) mass is 154 g/mol. The van der Waals surface area contributed by atoms with Crippen LogP contribution >= 0.6 is 11.3 Å². The van der Waals surface area contributed by atoms with E-state index in [-0.39, 0.29) is 0 Å². The maximum Gasteiger partial charge on any atom is 0.115 e. The summed E-state index contributed by atoms with van der Waals surface area (Å²) >= 11 is 1.60. The number of hydrogen-bond acceptors (Lipinski definition) is 3. The topological polar surface area (TPSA) is 38.9 Å². The highest BCUT2D eigenvalue weighted by molar-refractivity contribution is 7.10. The highest BCUT2D eigenvalue weighted by atomic mass is 32.1. The molecule has 0 bridgehead atoms. The summed E-state index contributed by atoms with van der Waals surface area (Å²) < 4.78 is 0. The molecule has 1 heterocycles. The van der Waals surface area contributed by atoms with Crippen molar-refractivity contribution < 1.29 is 0 Å². The van der Waals surface area contributed by atoms with Crippen LogP contribution in [0.15, 0.2) is 12.0 Å². The molecule has 54 valence electrons. The zero-order chi connectivity index (χ0) is 7.40. The minimum Gasteiger partial charge on any atom is -0.330 e. The number of aromatic nitrogens is 1. The average molecular weight is 154 g/mol. The van der Waals surface area contributed by atoms with Gasteiger partial charge in [0.1, 0.15) is 5.01 Å². The molecule has 0 spiro atoms. The molecule has 2 N–H and O–H groups in total. The Morgan fingerprint density at radius 3 is 3.10 bits per heavy atom. The van der Waals surface area contributed by atoms with Crippen LogP contribution in [0, 0.1) is 0 Å². The van der Waals surface area contributed by atoms with Gasteiger partial charge in [-0.15, -0.1) is 11.3 Å². The standard InChI is InChI=1S/C7H10N2S/c1-2-7-9-6(3-4-8)5-10-7/h2,5H,1,3-4,8H2. The van der Waals surface area contributed by atoms with Gasteiger partial charge >= 0.3 is 0 Å². The van der Waals surface area contributed by atoms with Crippen LogP contribution in [0.2, 0.25) is 0 Å². The van der Waals surface area contributed by atoms with Crippen LogP contribution in [0.1, 0.15) is 10.7 Å². The van der Waals surface area contributed by atoms with E-state index in [1.54, 1.807) is 17.4 Å². The molecule has 1 aromatic heterocycles. The van der Waals surface area contributed by atoms with Gasteiger partial charge in [-0.3, -0.25) is 0 Å². The summed E-state index contributed by atoms with van der Waals surface area (Å²) in [4.78, 5) is 4.24. The molecule has 0 aliphatic heterocycles. The van der Waals surface area contributed by atoms with E-state index in [1.807, 2.05) is 5.38 Å². The van der Waals surface area contributed by atoms with Crippen molar-refractivity contribution in [1.82, 2.24) is 4.98 Å². The minimum absolute atomic E-state index is 0.667. The fourth-order valence-corrected chi connectivity index (χ4v) is 1.37. The Kier molecular flexibility index (Phi) is 2.59. The van der Waals surface area contributed by atoms with Gasteiger partial charge in [-0.05, 0) is 12.6 Å². The van der Waals surface area contributed by atoms with Crippen molar-refractivity contribution in [3.63, 3.8) is 0 Å². The third-order valence-electron chi connectivity index (χ3n) is 1.14. The SMILES string of the molecule is C=Cc1nc(CCN)cs1. The first-order valence-electron chi connectivity index (χ1n) is 3.13. The molecule has 10 heavy (non-hydrogen) atoms. The lowest BCUT2D eigenvalue weighted by Gasteiger charge is -1.86. The lowest BCUT2D eigenvalue weighted by molar-refractivity contribution is 0.934. The quantitative estimate of drug-likeness (QED) is 0.712. The Hall–Kier alpha value is -0.670. The Balaban J connectivity index is 2.68. The van der Waals surface area contributed by atoms with Gasteiger partial charge < -0.3 is 5.73 Å². The van der Waals surface area contributed by atoms with Crippen LogP contribution in [0.25, 0.3) is 6.08 Å². The van der Waals surface area contributed by atoms with E-state index in [0.29, 0.717) is 6.54 Å². The van der Waals surface area contributed by atoms with Crippen LogP contribution in [0.4, 0.5) is 0 Å². The summed E-state index contributed by atoms with van der Waals surface area (Å²) in [6.07, 6.45) is 2.62. The molecule has 2 nitrogen and oxygen atoms in total. The first-order chi connectivity index (χ1) is 4.86. The molecular formula is C7H10N2S. The van der Waals surface area contributed by atoms with Crippen molar-refractivity contribution in [2.45, 2.75) is 6.42 Å². The molecular weight excluding hydrogens is 144 g/mol. The van der Waals surface area contributed by atoms with Crippen LogP contribution in [0.3, 0.4) is 0 Å². The van der Waals surface area contributed by atoms with Crippen molar-refractivity contribution in [1.29, 1.82) is 0 Å². The summed E-state index contributed by atoms with van der Waals surface area (Å²) in [5.41, 5.74) is 6.42. The Bertz CT molecular complexity index is 217. The number of thiazole rings is 1. The van der Waals surface area contributed by atoms with E-state index < -0.39 is 0 Å². The van der Waals surface area contributed by atoms with E-state index in [4.69, 9.17) is 5.73 Å². The second kappa shape index (κ2) is 3.49. The molecule has 0 radical (unpaired) electrons.